The van der Waals surface area contributed by atoms with Crippen LogP contribution in [0.3, 0.4) is 0 Å². The third kappa shape index (κ3) is 5.39. The number of benzene rings is 1. The van der Waals surface area contributed by atoms with Gasteiger partial charge < -0.3 is 14.8 Å². The van der Waals surface area contributed by atoms with Crippen LogP contribution in [0.5, 0.6) is 0 Å². The first-order valence-corrected chi connectivity index (χ1v) is 12.3. The molecule has 2 atom stereocenters. The first-order valence-electron chi connectivity index (χ1n) is 12.3. The first kappa shape index (κ1) is 26.8. The van der Waals surface area contributed by atoms with E-state index in [4.69, 9.17) is 0 Å². The van der Waals surface area contributed by atoms with Gasteiger partial charge in [0, 0.05) is 40.8 Å². The Labute approximate surface area is 212 Å². The Balaban J connectivity index is 1.89. The van der Waals surface area contributed by atoms with Crippen LogP contribution >= 0.6 is 0 Å². The van der Waals surface area contributed by atoms with E-state index in [0.717, 1.165) is 18.7 Å². The summed E-state index contributed by atoms with van der Waals surface area (Å²) in [5, 5.41) is 3.96. The number of hydrogen-bond acceptors (Lipinski definition) is 4. The van der Waals surface area contributed by atoms with E-state index in [-0.39, 0.29) is 29.0 Å². The molecule has 1 amide bonds. The summed E-state index contributed by atoms with van der Waals surface area (Å²) in [5.74, 6) is -1.93. The third-order valence-corrected chi connectivity index (χ3v) is 6.91. The molecule has 37 heavy (non-hydrogen) atoms. The van der Waals surface area contributed by atoms with E-state index in [0.29, 0.717) is 39.9 Å². The lowest BCUT2D eigenvalue weighted by atomic mass is 9.86. The molecule has 1 aromatic carbocycles. The summed E-state index contributed by atoms with van der Waals surface area (Å²) in [7, 11) is 0. The Morgan fingerprint density at radius 3 is 2.62 bits per heavy atom. The van der Waals surface area contributed by atoms with Crippen LogP contribution in [0.15, 0.2) is 36.7 Å². The number of nitrogens with one attached hydrogen (secondary N) is 1. The number of carbonyl (C=O) groups is 2. The van der Waals surface area contributed by atoms with Crippen molar-refractivity contribution in [2.75, 3.05) is 13.1 Å². The van der Waals surface area contributed by atoms with Gasteiger partial charge in [0.2, 0.25) is 0 Å². The van der Waals surface area contributed by atoms with Gasteiger partial charge in [0.1, 0.15) is 12.4 Å². The lowest BCUT2D eigenvalue weighted by molar-refractivity contribution is -0.143. The summed E-state index contributed by atoms with van der Waals surface area (Å²) >= 11 is 0. The number of ketones is 1. The van der Waals surface area contributed by atoms with E-state index in [9.17, 15) is 27.2 Å². The van der Waals surface area contributed by atoms with E-state index in [1.165, 1.54) is 26.1 Å². The molecule has 1 N–H and O–H groups in total. The molecule has 1 aliphatic rings. The number of alkyl halides is 3. The van der Waals surface area contributed by atoms with Gasteiger partial charge in [-0.25, -0.2) is 4.39 Å². The number of rotatable bonds is 6. The van der Waals surface area contributed by atoms with E-state index in [1.54, 1.807) is 23.8 Å². The van der Waals surface area contributed by atoms with Gasteiger partial charge >= 0.3 is 6.18 Å². The molecule has 198 valence electrons. The average molecular weight is 519 g/mol. The highest BCUT2D eigenvalue weighted by Gasteiger charge is 2.36. The molecule has 3 aromatic rings. The molecule has 0 aliphatic carbocycles. The van der Waals surface area contributed by atoms with Crippen LogP contribution in [0.1, 0.15) is 60.0 Å². The molecular weight excluding hydrogens is 488 g/mol. The van der Waals surface area contributed by atoms with Crippen LogP contribution in [-0.4, -0.2) is 57.5 Å². The van der Waals surface area contributed by atoms with Crippen molar-refractivity contribution in [1.82, 2.24) is 19.8 Å². The number of halogens is 4. The summed E-state index contributed by atoms with van der Waals surface area (Å²) < 4.78 is 55.9. The standard InChI is InChI=1S/C27H30F4N4O2/c1-15(2)34(14-27(29,30)31)26(37)21-12-19(28)5-6-22(21)35-17(4)24(20-8-9-32-13-23(20)35)25(36)18-7-10-33-16(3)11-18/h5-6,8-9,12-13,15-16,18,33H,7,10-11,14H2,1-4H3/t16-,18+/m1/s1. The molecule has 0 spiro atoms. The zero-order valence-corrected chi connectivity index (χ0v) is 21.2. The Morgan fingerprint density at radius 2 is 1.97 bits per heavy atom. The maximum Gasteiger partial charge on any atom is 0.406 e. The van der Waals surface area contributed by atoms with Crippen LogP contribution in [0.2, 0.25) is 0 Å². The highest BCUT2D eigenvalue weighted by atomic mass is 19.4. The van der Waals surface area contributed by atoms with Crippen LogP contribution in [-0.2, 0) is 0 Å². The molecule has 3 heterocycles. The molecule has 0 unspecified atom stereocenters. The van der Waals surface area contributed by atoms with Gasteiger partial charge in [0.15, 0.2) is 5.78 Å². The quantitative estimate of drug-likeness (QED) is 0.348. The third-order valence-electron chi connectivity index (χ3n) is 6.91. The van der Waals surface area contributed by atoms with Gasteiger partial charge in [0.25, 0.3) is 5.91 Å². The Kier molecular flexibility index (Phi) is 7.41. The van der Waals surface area contributed by atoms with Crippen molar-refractivity contribution in [3.05, 3.63) is 59.3 Å². The van der Waals surface area contributed by atoms with E-state index < -0.39 is 30.5 Å². The van der Waals surface area contributed by atoms with Crippen molar-refractivity contribution in [3.8, 4) is 5.69 Å². The molecule has 4 rings (SSSR count). The number of nitrogens with zero attached hydrogens (tertiary/aromatic N) is 3. The molecule has 0 radical (unpaired) electrons. The maximum absolute atomic E-state index is 14.4. The van der Waals surface area contributed by atoms with Gasteiger partial charge in [-0.1, -0.05) is 0 Å². The second kappa shape index (κ2) is 10.2. The Morgan fingerprint density at radius 1 is 1.24 bits per heavy atom. The molecular formula is C27H30F4N4O2. The van der Waals surface area contributed by atoms with Gasteiger partial charge in [0.05, 0.1) is 23.0 Å². The highest BCUT2D eigenvalue weighted by Crippen LogP contribution is 2.34. The number of pyridine rings is 1. The predicted molar refractivity (Wildman–Crippen MR) is 133 cm³/mol. The fourth-order valence-corrected chi connectivity index (χ4v) is 5.17. The number of carbonyl (C=O) groups excluding carboxylic acids is 2. The monoisotopic (exact) mass is 518 g/mol. The SMILES string of the molecule is Cc1c(C(=O)[C@H]2CCN[C@H](C)C2)c2ccncc2n1-c1ccc(F)cc1C(=O)N(CC(F)(F)F)C(C)C. The normalized spacial score (nSPS) is 18.4. The molecule has 6 nitrogen and oxygen atoms in total. The first-order chi connectivity index (χ1) is 17.4. The fourth-order valence-electron chi connectivity index (χ4n) is 5.17. The van der Waals surface area contributed by atoms with Gasteiger partial charge in [-0.3, -0.25) is 14.6 Å². The molecule has 10 heteroatoms. The number of amides is 1. The van der Waals surface area contributed by atoms with Crippen molar-refractivity contribution in [3.63, 3.8) is 0 Å². The molecule has 2 aromatic heterocycles. The van der Waals surface area contributed by atoms with Crippen LogP contribution in [0, 0.1) is 18.7 Å². The van der Waals surface area contributed by atoms with Crippen molar-refractivity contribution in [2.45, 2.75) is 58.8 Å². The number of Topliss-reactive ketones (excluding diaryl/α,β-unsaturated/α-hetero) is 1. The lowest BCUT2D eigenvalue weighted by Gasteiger charge is -2.29. The molecule has 0 saturated carbocycles. The zero-order chi connectivity index (χ0) is 27.1. The molecule has 0 bridgehead atoms. The topological polar surface area (TPSA) is 67.2 Å². The van der Waals surface area contributed by atoms with E-state index in [1.807, 2.05) is 6.92 Å². The maximum atomic E-state index is 14.4. The average Bonchev–Trinajstić information content (AvgIpc) is 3.12. The molecule has 1 fully saturated rings. The van der Waals surface area contributed by atoms with E-state index in [2.05, 4.69) is 10.3 Å². The number of aromatic nitrogens is 2. The molecule has 1 aliphatic heterocycles. The number of piperidine rings is 1. The van der Waals surface area contributed by atoms with Crippen LogP contribution in [0.25, 0.3) is 16.6 Å². The number of hydrogen-bond donors (Lipinski definition) is 1. The van der Waals surface area contributed by atoms with E-state index >= 15 is 0 Å². The highest BCUT2D eigenvalue weighted by molar-refractivity contribution is 6.11. The Bertz CT molecular complexity index is 1330. The Hall–Kier alpha value is -3.27. The molecule has 1 saturated heterocycles. The summed E-state index contributed by atoms with van der Waals surface area (Å²) in [6.07, 6.45) is -0.163. The van der Waals surface area contributed by atoms with Crippen molar-refractivity contribution >= 4 is 22.6 Å². The summed E-state index contributed by atoms with van der Waals surface area (Å²) in [6, 6.07) is 4.57. The van der Waals surface area contributed by atoms with Crippen molar-refractivity contribution in [2.24, 2.45) is 5.92 Å². The van der Waals surface area contributed by atoms with Crippen molar-refractivity contribution < 1.29 is 27.2 Å². The lowest BCUT2D eigenvalue weighted by Crippen LogP contribution is -2.43. The van der Waals surface area contributed by atoms with Crippen LogP contribution < -0.4 is 5.32 Å². The van der Waals surface area contributed by atoms with Gasteiger partial charge in [-0.2, -0.15) is 13.2 Å². The summed E-state index contributed by atoms with van der Waals surface area (Å²) in [6.45, 7) is 5.95. The minimum absolute atomic E-state index is 0.0309. The predicted octanol–water partition coefficient (Wildman–Crippen LogP) is 5.46. The smallest absolute Gasteiger partial charge is 0.327 e. The van der Waals surface area contributed by atoms with Gasteiger partial charge in [-0.15, -0.1) is 0 Å². The number of fused-ring (bicyclic) bond motifs is 1. The second-order valence-electron chi connectivity index (χ2n) is 9.93. The fraction of sp³-hybridized carbons (Fsp3) is 0.444. The summed E-state index contributed by atoms with van der Waals surface area (Å²) in [5.41, 5.74) is 1.48. The minimum Gasteiger partial charge on any atom is -0.327 e. The minimum atomic E-state index is -4.63. The largest absolute Gasteiger partial charge is 0.406 e. The second-order valence-corrected chi connectivity index (χ2v) is 9.93. The zero-order valence-electron chi connectivity index (χ0n) is 21.2. The van der Waals surface area contributed by atoms with Crippen LogP contribution in [0.4, 0.5) is 17.6 Å². The van der Waals surface area contributed by atoms with Gasteiger partial charge in [-0.05, 0) is 71.3 Å². The summed E-state index contributed by atoms with van der Waals surface area (Å²) in [4.78, 5) is 32.0. The van der Waals surface area contributed by atoms with Crippen molar-refractivity contribution in [1.29, 1.82) is 0 Å².